The number of hydrogen-bond donors (Lipinski definition) is 0. The van der Waals surface area contributed by atoms with E-state index in [1.165, 1.54) is 0 Å². The molecular formula is C22H18N5O2+. The van der Waals surface area contributed by atoms with Crippen LogP contribution in [0.2, 0.25) is 0 Å². The van der Waals surface area contributed by atoms with E-state index in [-0.39, 0.29) is 0 Å². The van der Waals surface area contributed by atoms with Crippen molar-refractivity contribution in [2.24, 2.45) is 0 Å². The van der Waals surface area contributed by atoms with Crippen LogP contribution < -0.4 is 14.3 Å². The van der Waals surface area contributed by atoms with Crippen LogP contribution in [0.1, 0.15) is 5.56 Å². The first kappa shape index (κ1) is 18.2. The van der Waals surface area contributed by atoms with Gasteiger partial charge in [-0.15, -0.1) is 0 Å². The summed E-state index contributed by atoms with van der Waals surface area (Å²) in [6, 6.07) is 24.4. The third-order valence-electron chi connectivity index (χ3n) is 4.44. The second-order valence-corrected chi connectivity index (χ2v) is 6.19. The van der Waals surface area contributed by atoms with Crippen molar-refractivity contribution >= 4 is 0 Å². The van der Waals surface area contributed by atoms with Gasteiger partial charge in [0, 0.05) is 4.80 Å². The molecule has 0 aliphatic heterocycles. The number of aromatic nitrogens is 4. The van der Waals surface area contributed by atoms with Crippen molar-refractivity contribution in [3.8, 4) is 40.3 Å². The molecule has 0 radical (unpaired) electrons. The Kier molecular flexibility index (Phi) is 4.91. The molecule has 7 heteroatoms. The number of tetrazole rings is 1. The molecule has 0 fully saturated rings. The predicted molar refractivity (Wildman–Crippen MR) is 106 cm³/mol. The summed E-state index contributed by atoms with van der Waals surface area (Å²) in [7, 11) is 3.26. The third kappa shape index (κ3) is 3.64. The van der Waals surface area contributed by atoms with E-state index in [0.29, 0.717) is 11.4 Å². The van der Waals surface area contributed by atoms with Crippen LogP contribution in [0.25, 0.3) is 22.8 Å². The zero-order valence-electron chi connectivity index (χ0n) is 16.0. The lowest BCUT2D eigenvalue weighted by Crippen LogP contribution is -2.43. The minimum atomic E-state index is 0.543. The molecule has 1 aromatic heterocycles. The average molecular weight is 384 g/mol. The van der Waals surface area contributed by atoms with Crippen molar-refractivity contribution in [2.75, 3.05) is 14.2 Å². The third-order valence-corrected chi connectivity index (χ3v) is 4.44. The smallest absolute Gasteiger partial charge is 0.340 e. The minimum absolute atomic E-state index is 0.543. The van der Waals surface area contributed by atoms with E-state index in [0.717, 1.165) is 28.4 Å². The highest BCUT2D eigenvalue weighted by molar-refractivity contribution is 5.55. The maximum absolute atomic E-state index is 9.02. The van der Waals surface area contributed by atoms with Gasteiger partial charge in [-0.1, -0.05) is 0 Å². The molecule has 4 aromatic rings. The molecule has 7 nitrogen and oxygen atoms in total. The number of benzene rings is 3. The van der Waals surface area contributed by atoms with Crippen LogP contribution in [0.5, 0.6) is 11.5 Å². The fraction of sp³-hybridized carbons (Fsp3) is 0.0909. The van der Waals surface area contributed by atoms with E-state index < -0.39 is 0 Å². The number of hydrogen-bond acceptors (Lipinski definition) is 5. The van der Waals surface area contributed by atoms with Gasteiger partial charge in [-0.05, 0) is 82.7 Å². The SMILES string of the molecule is COc1ccc(-n2nc(-c3ccc(C#N)cc3)n[n+]2-c2ccc(OC)cc2)cc1. The molecule has 0 atom stereocenters. The summed E-state index contributed by atoms with van der Waals surface area (Å²) in [5.41, 5.74) is 3.06. The van der Waals surface area contributed by atoms with Gasteiger partial charge < -0.3 is 9.47 Å². The Bertz CT molecular complexity index is 1090. The molecule has 0 unspecified atom stereocenters. The lowest BCUT2D eigenvalue weighted by Gasteiger charge is -2.03. The second-order valence-electron chi connectivity index (χ2n) is 6.19. The van der Waals surface area contributed by atoms with Gasteiger partial charge in [-0.2, -0.15) is 5.26 Å². The average Bonchev–Trinajstić information content (AvgIpc) is 3.24. The molecule has 0 N–H and O–H groups in total. The van der Waals surface area contributed by atoms with Crippen LogP contribution in [0.4, 0.5) is 0 Å². The van der Waals surface area contributed by atoms with E-state index in [1.54, 1.807) is 35.9 Å². The van der Waals surface area contributed by atoms with Crippen molar-refractivity contribution in [1.82, 2.24) is 15.0 Å². The predicted octanol–water partition coefficient (Wildman–Crippen LogP) is 3.10. The number of rotatable bonds is 5. The molecule has 3 aromatic carbocycles. The molecule has 29 heavy (non-hydrogen) atoms. The maximum Gasteiger partial charge on any atom is 0.340 e. The molecule has 1 heterocycles. The Balaban J connectivity index is 1.83. The quantitative estimate of drug-likeness (QED) is 0.494. The van der Waals surface area contributed by atoms with Crippen molar-refractivity contribution in [1.29, 1.82) is 5.26 Å². The molecule has 0 saturated heterocycles. The van der Waals surface area contributed by atoms with Gasteiger partial charge >= 0.3 is 5.82 Å². The van der Waals surface area contributed by atoms with Crippen LogP contribution in [-0.4, -0.2) is 29.2 Å². The number of nitrogens with zero attached hydrogens (tertiary/aromatic N) is 5. The summed E-state index contributed by atoms with van der Waals surface area (Å²) in [4.78, 5) is 3.43. The van der Waals surface area contributed by atoms with Crippen LogP contribution >= 0.6 is 0 Å². The van der Waals surface area contributed by atoms with Crippen LogP contribution in [-0.2, 0) is 0 Å². The topological polar surface area (TPSA) is 76.8 Å². The van der Waals surface area contributed by atoms with E-state index in [2.05, 4.69) is 6.07 Å². The fourth-order valence-electron chi connectivity index (χ4n) is 2.86. The highest BCUT2D eigenvalue weighted by Gasteiger charge is 2.23. The van der Waals surface area contributed by atoms with Crippen molar-refractivity contribution in [3.63, 3.8) is 0 Å². The Hall–Kier alpha value is -4.18. The molecule has 4 rings (SSSR count). The second kappa shape index (κ2) is 7.82. The summed E-state index contributed by atoms with van der Waals surface area (Å²) in [5, 5.41) is 18.4. The minimum Gasteiger partial charge on any atom is -0.497 e. The Morgan fingerprint density at radius 2 is 1.41 bits per heavy atom. The summed E-state index contributed by atoms with van der Waals surface area (Å²) < 4.78 is 10.5. The largest absolute Gasteiger partial charge is 0.497 e. The van der Waals surface area contributed by atoms with E-state index in [9.17, 15) is 0 Å². The van der Waals surface area contributed by atoms with Crippen LogP contribution in [0.3, 0.4) is 0 Å². The first-order valence-electron chi connectivity index (χ1n) is 8.91. The highest BCUT2D eigenvalue weighted by Crippen LogP contribution is 2.18. The normalized spacial score (nSPS) is 10.4. The van der Waals surface area contributed by atoms with Crippen LogP contribution in [0, 0.1) is 11.3 Å². The van der Waals surface area contributed by atoms with Gasteiger partial charge in [0.25, 0.3) is 0 Å². The molecule has 0 saturated carbocycles. The summed E-state index contributed by atoms with van der Waals surface area (Å²) >= 11 is 0. The van der Waals surface area contributed by atoms with Gasteiger partial charge in [0.05, 0.1) is 36.5 Å². The summed E-state index contributed by atoms with van der Waals surface area (Å²) in [6.45, 7) is 0. The lowest BCUT2D eigenvalue weighted by molar-refractivity contribution is -0.734. The molecular weight excluding hydrogens is 366 g/mol. The molecule has 0 bridgehead atoms. The van der Waals surface area contributed by atoms with Gasteiger partial charge in [0.2, 0.25) is 0 Å². The number of methoxy groups -OCH3 is 2. The van der Waals surface area contributed by atoms with Gasteiger partial charge in [-0.3, -0.25) is 0 Å². The molecule has 142 valence electrons. The summed E-state index contributed by atoms with van der Waals surface area (Å²) in [5.74, 6) is 2.07. The molecule has 0 amide bonds. The van der Waals surface area contributed by atoms with Gasteiger partial charge in [-0.25, -0.2) is 0 Å². The van der Waals surface area contributed by atoms with Gasteiger partial charge in [0.15, 0.2) is 5.69 Å². The zero-order chi connectivity index (χ0) is 20.2. The number of nitriles is 1. The summed E-state index contributed by atoms with van der Waals surface area (Å²) in [6.07, 6.45) is 0. The van der Waals surface area contributed by atoms with Crippen molar-refractivity contribution < 1.29 is 14.3 Å². The lowest BCUT2D eigenvalue weighted by atomic mass is 10.1. The maximum atomic E-state index is 9.02. The number of ether oxygens (including phenoxy) is 2. The van der Waals surface area contributed by atoms with Crippen molar-refractivity contribution in [2.45, 2.75) is 0 Å². The Labute approximate surface area is 168 Å². The first-order valence-corrected chi connectivity index (χ1v) is 8.91. The van der Waals surface area contributed by atoms with Crippen molar-refractivity contribution in [3.05, 3.63) is 78.4 Å². The molecule has 0 spiro atoms. The Morgan fingerprint density at radius 1 is 0.828 bits per heavy atom. The molecule has 0 aliphatic rings. The fourth-order valence-corrected chi connectivity index (χ4v) is 2.86. The Morgan fingerprint density at radius 3 is 1.97 bits per heavy atom. The first-order chi connectivity index (χ1) is 14.2. The molecule has 0 aliphatic carbocycles. The van der Waals surface area contributed by atoms with Crippen LogP contribution in [0.15, 0.2) is 72.8 Å². The van der Waals surface area contributed by atoms with E-state index in [4.69, 9.17) is 24.9 Å². The zero-order valence-corrected chi connectivity index (χ0v) is 16.0. The standard InChI is InChI=1S/C22H18N5O2/c1-28-20-11-7-18(8-12-20)26-24-22(17-5-3-16(15-23)4-6-17)25-27(26)19-9-13-21(29-2)14-10-19/h3-14H,1-2H3/q+1. The van der Waals surface area contributed by atoms with Gasteiger partial charge in [0.1, 0.15) is 17.2 Å². The highest BCUT2D eigenvalue weighted by atomic mass is 16.5. The van der Waals surface area contributed by atoms with E-state index >= 15 is 0 Å². The van der Waals surface area contributed by atoms with E-state index in [1.807, 2.05) is 60.7 Å². The monoisotopic (exact) mass is 384 g/mol.